The molecule has 6 heterocycles. The summed E-state index contributed by atoms with van der Waals surface area (Å²) in [5.41, 5.74) is 2.55. The van der Waals surface area contributed by atoms with E-state index >= 15 is 0 Å². The van der Waals surface area contributed by atoms with E-state index in [0.717, 1.165) is 186 Å². The van der Waals surface area contributed by atoms with Crippen molar-refractivity contribution in [3.63, 3.8) is 0 Å². The average molecular weight is 1660 g/mol. The number of thioether (sulfide) groups is 4. The molecule has 4 amide bonds. The van der Waals surface area contributed by atoms with Gasteiger partial charge in [-0.2, -0.15) is 0 Å². The number of piperidine rings is 1. The minimum Gasteiger partial charge on any atom is -0.481 e. The summed E-state index contributed by atoms with van der Waals surface area (Å²) in [5, 5.41) is 57.9. The lowest BCUT2D eigenvalue weighted by Gasteiger charge is -2.34. The van der Waals surface area contributed by atoms with Crippen LogP contribution in [0, 0.1) is 17.8 Å². The Morgan fingerprint density at radius 3 is 1.19 bits per heavy atom. The van der Waals surface area contributed by atoms with Gasteiger partial charge in [0.15, 0.2) is 6.23 Å². The Hall–Kier alpha value is -7.44. The molecule has 7 fully saturated rings. The van der Waals surface area contributed by atoms with Gasteiger partial charge in [0.2, 0.25) is 0 Å². The third-order valence-electron chi connectivity index (χ3n) is 21.9. The fourth-order valence-corrected chi connectivity index (χ4v) is 18.9. The first kappa shape index (κ1) is 92.1. The molecule has 4 aromatic rings. The molecule has 0 aromatic carbocycles. The molecule has 1 unspecified atom stereocenters. The van der Waals surface area contributed by atoms with E-state index in [2.05, 4.69) is 69.5 Å². The summed E-state index contributed by atoms with van der Waals surface area (Å²) >= 11 is 6.42. The molecule has 7 aliphatic rings. The number of carbonyl (C=O) groups excluding carboxylic acids is 4. The zero-order valence-corrected chi connectivity index (χ0v) is 71.0. The van der Waals surface area contributed by atoms with Gasteiger partial charge < -0.3 is 71.6 Å². The Bertz CT molecular complexity index is 3680. The molecule has 5 aliphatic carbocycles. The van der Waals surface area contributed by atoms with Gasteiger partial charge in [-0.3, -0.25) is 28.8 Å². The normalized spacial score (nSPS) is 19.3. The molecule has 0 radical (unpaired) electrons. The molecular formula is C84H126N12O14S4. The standard InChI is InChI=1S/C23H35N3O4S.C23H35N3O3S.C20H29N3O4S.C18H27N3O3S/c1-2-14-31-22-19(21(27)25-17-6-4-3-5-7-17)12-13-20(26-22)24-15-16-8-10-18(11-9-16)30-23(28)29;1-3-15-30-22-19(21(27)24-18-7-5-4-6-8-18)9-10-20(25-22)26-13-11-17(12-14-26)16(2)23(28)29;1-2-13-28-19-15(18(24)21-14-7-4-3-5-8-14)10-11-16(22-19)23-12-6-9-17(23)27-20(25)26;1-2-12-25-18-14(17(24)20-13-6-4-3-5-7-13)8-9-15(21-18)19-11-10-16(22)23/h12-13,16-18H,2-11,14-15H2,1H3,(H,24,26)(H,25,27)(H,28,29);9-10,16-18H,3-8,11-15H2,1-2H3,(H,24,27)(H,28,29);10-11,14,17H,2-9,12-13H2,1H3,(H,21,24)(H,25,26);8-9,13H,2-7,10-12H2,1H3,(H,19,21)(H,20,24)(H,22,23)/t;;17-;/m..0./s1. The van der Waals surface area contributed by atoms with Crippen molar-refractivity contribution in [2.75, 3.05) is 76.2 Å². The molecule has 4 aromatic heterocycles. The molecule has 11 rings (SSSR count). The number of nitrogens with one attached hydrogen (secondary N) is 6. The zero-order chi connectivity index (χ0) is 81.6. The predicted molar refractivity (Wildman–Crippen MR) is 454 cm³/mol. The van der Waals surface area contributed by atoms with E-state index in [1.807, 2.05) is 35.2 Å². The van der Waals surface area contributed by atoms with Crippen LogP contribution in [-0.2, 0) is 19.1 Å². The maximum atomic E-state index is 12.9. The van der Waals surface area contributed by atoms with Crippen molar-refractivity contribution in [1.29, 1.82) is 0 Å². The highest BCUT2D eigenvalue weighted by Crippen LogP contribution is 2.35. The summed E-state index contributed by atoms with van der Waals surface area (Å²) < 4.78 is 9.88. The lowest BCUT2D eigenvalue weighted by atomic mass is 9.85. The lowest BCUT2D eigenvalue weighted by molar-refractivity contribution is -0.143. The van der Waals surface area contributed by atoms with Crippen LogP contribution >= 0.6 is 47.0 Å². The number of aliphatic carboxylic acids is 2. The van der Waals surface area contributed by atoms with E-state index in [4.69, 9.17) is 39.7 Å². The lowest BCUT2D eigenvalue weighted by Crippen LogP contribution is -2.38. The molecule has 0 bridgehead atoms. The third-order valence-corrected chi connectivity index (χ3v) is 26.7. The minimum atomic E-state index is -1.28. The van der Waals surface area contributed by atoms with E-state index in [0.29, 0.717) is 69.4 Å². The van der Waals surface area contributed by atoms with Gasteiger partial charge in [0, 0.05) is 63.3 Å². The SMILES string of the molecule is CCCSc1nc(N2CCC(C(C)C(=O)O)CC2)ccc1C(=O)NC1CCCCC1.CCCSc1nc(N2CCC[C@@H]2OC(=O)O)ccc1C(=O)NC1CCCCC1.CCCSc1nc(NCC2CCC(OC(=O)O)CC2)ccc1C(=O)NC1CCCCC1.CCCSc1nc(NCCC(=O)O)ccc1C(=O)NC1CCCCC1. The molecule has 2 aliphatic heterocycles. The summed E-state index contributed by atoms with van der Waals surface area (Å²) in [6.45, 7) is 13.7. The Morgan fingerprint density at radius 2 is 0.807 bits per heavy atom. The second kappa shape index (κ2) is 50.2. The topological polar surface area (TPSA) is 366 Å². The highest BCUT2D eigenvalue weighted by Gasteiger charge is 2.33. The molecule has 5 saturated carbocycles. The number of carbonyl (C=O) groups is 8. The van der Waals surface area contributed by atoms with Gasteiger partial charge in [-0.15, -0.1) is 47.0 Å². The van der Waals surface area contributed by atoms with Crippen LogP contribution in [0.25, 0.3) is 0 Å². The van der Waals surface area contributed by atoms with Gasteiger partial charge in [0.25, 0.3) is 23.6 Å². The fraction of sp³-hybridized carbons (Fsp3) is 0.667. The second-order valence-corrected chi connectivity index (χ2v) is 35.2. The number of rotatable bonds is 33. The van der Waals surface area contributed by atoms with Gasteiger partial charge in [-0.05, 0) is 205 Å². The van der Waals surface area contributed by atoms with E-state index in [1.165, 1.54) is 77.0 Å². The summed E-state index contributed by atoms with van der Waals surface area (Å²) in [4.78, 5) is 118. The number of hydrogen-bond donors (Lipinski definition) is 10. The number of anilines is 4. The Morgan fingerprint density at radius 1 is 0.430 bits per heavy atom. The van der Waals surface area contributed by atoms with Gasteiger partial charge in [0.05, 0.1) is 34.6 Å². The molecule has 630 valence electrons. The molecule has 26 nitrogen and oxygen atoms in total. The van der Waals surface area contributed by atoms with Crippen LogP contribution in [0.15, 0.2) is 68.6 Å². The average Bonchev–Trinajstić information content (AvgIpc) is 1.74. The summed E-state index contributed by atoms with van der Waals surface area (Å²) in [7, 11) is 0. The van der Waals surface area contributed by atoms with Crippen LogP contribution in [0.5, 0.6) is 0 Å². The largest absolute Gasteiger partial charge is 0.507 e. The maximum absolute atomic E-state index is 12.9. The van der Waals surface area contributed by atoms with Crippen LogP contribution in [0.2, 0.25) is 0 Å². The van der Waals surface area contributed by atoms with Crippen LogP contribution in [-0.4, -0.2) is 180 Å². The van der Waals surface area contributed by atoms with Gasteiger partial charge in [0.1, 0.15) is 49.5 Å². The summed E-state index contributed by atoms with van der Waals surface area (Å²) in [6.07, 6.45) is 30.4. The third kappa shape index (κ3) is 31.2. The molecule has 30 heteroatoms. The van der Waals surface area contributed by atoms with Gasteiger partial charge in [-0.25, -0.2) is 29.5 Å². The van der Waals surface area contributed by atoms with Gasteiger partial charge >= 0.3 is 24.2 Å². The number of amides is 4. The highest BCUT2D eigenvalue weighted by molar-refractivity contribution is 8.00. The number of ether oxygens (including phenoxy) is 2. The van der Waals surface area contributed by atoms with E-state index < -0.39 is 30.5 Å². The number of nitrogens with zero attached hydrogens (tertiary/aromatic N) is 6. The summed E-state index contributed by atoms with van der Waals surface area (Å²) in [5.74, 6) is 5.23. The Labute approximate surface area is 691 Å². The molecular weight excluding hydrogens is 1530 g/mol. The van der Waals surface area contributed by atoms with Crippen LogP contribution in [0.1, 0.15) is 288 Å². The Kier molecular flexibility index (Phi) is 40.6. The van der Waals surface area contributed by atoms with Crippen molar-refractivity contribution < 1.29 is 68.3 Å². The first-order valence-electron chi connectivity index (χ1n) is 42.2. The van der Waals surface area contributed by atoms with E-state index in [-0.39, 0.29) is 72.2 Å². The smallest absolute Gasteiger partial charge is 0.481 e. The number of hydrogen-bond acceptors (Lipinski definition) is 22. The van der Waals surface area contributed by atoms with Gasteiger partial charge in [-0.1, -0.05) is 112 Å². The minimum absolute atomic E-state index is 0.00598. The van der Waals surface area contributed by atoms with Crippen molar-refractivity contribution in [1.82, 2.24) is 41.2 Å². The molecule has 2 saturated heterocycles. The molecule has 10 N–H and O–H groups in total. The monoisotopic (exact) mass is 1650 g/mol. The first-order valence-corrected chi connectivity index (χ1v) is 46.2. The quantitative estimate of drug-likeness (QED) is 0.0156. The van der Waals surface area contributed by atoms with Crippen LogP contribution in [0.4, 0.5) is 32.9 Å². The van der Waals surface area contributed by atoms with Crippen molar-refractivity contribution in [2.45, 2.75) is 303 Å². The fourth-order valence-electron chi connectivity index (χ4n) is 15.5. The van der Waals surface area contributed by atoms with Crippen LogP contribution < -0.4 is 41.7 Å². The van der Waals surface area contributed by atoms with Crippen molar-refractivity contribution in [3.05, 3.63) is 70.8 Å². The highest BCUT2D eigenvalue weighted by atomic mass is 32.2. The second-order valence-electron chi connectivity index (χ2n) is 30.9. The Balaban J connectivity index is 0.000000191. The zero-order valence-electron chi connectivity index (χ0n) is 67.7. The molecule has 2 atom stereocenters. The van der Waals surface area contributed by atoms with Crippen molar-refractivity contribution in [3.8, 4) is 0 Å². The number of aromatic nitrogens is 4. The maximum Gasteiger partial charge on any atom is 0.507 e. The number of pyridine rings is 4. The van der Waals surface area contributed by atoms with E-state index in [1.54, 1.807) is 72.2 Å². The molecule has 114 heavy (non-hydrogen) atoms. The predicted octanol–water partition coefficient (Wildman–Crippen LogP) is 17.7. The number of carboxylic acid groups (broad SMARTS) is 4. The van der Waals surface area contributed by atoms with E-state index in [9.17, 15) is 43.5 Å². The van der Waals surface area contributed by atoms with Crippen molar-refractivity contribution in [2.24, 2.45) is 17.8 Å². The number of carboxylic acids is 2. The van der Waals surface area contributed by atoms with Crippen LogP contribution in [0.3, 0.4) is 0 Å². The summed E-state index contributed by atoms with van der Waals surface area (Å²) in [6, 6.07) is 15.9. The van der Waals surface area contributed by atoms with Crippen molar-refractivity contribution >= 4 is 118 Å². The molecule has 0 spiro atoms. The first-order chi connectivity index (χ1) is 55.2.